The average molecular weight is 303 g/mol. The van der Waals surface area contributed by atoms with E-state index in [1.807, 2.05) is 6.07 Å². The Hall–Kier alpha value is -2.14. The second-order valence-electron chi connectivity index (χ2n) is 5.27. The molecule has 5 heteroatoms. The van der Waals surface area contributed by atoms with Gasteiger partial charge in [-0.15, -0.1) is 6.58 Å². The standard InChI is InChI=1S/C17H21NO4/c1-3-11-21-12(2)17(20)22-15(13-7-5-4-6-8-13)16(19)18-14-9-10-14/h3-8,12,14-15H,1,9-11H2,2H3,(H,18,19). The predicted molar refractivity (Wildman–Crippen MR) is 82.1 cm³/mol. The van der Waals surface area contributed by atoms with E-state index in [0.29, 0.717) is 5.56 Å². The summed E-state index contributed by atoms with van der Waals surface area (Å²) < 4.78 is 10.6. The summed E-state index contributed by atoms with van der Waals surface area (Å²) in [5, 5.41) is 2.87. The highest BCUT2D eigenvalue weighted by atomic mass is 16.6. The van der Waals surface area contributed by atoms with E-state index in [4.69, 9.17) is 9.47 Å². The van der Waals surface area contributed by atoms with E-state index in [0.717, 1.165) is 12.8 Å². The highest BCUT2D eigenvalue weighted by molar-refractivity contribution is 5.86. The van der Waals surface area contributed by atoms with Gasteiger partial charge in [0.15, 0.2) is 6.10 Å². The third-order valence-electron chi connectivity index (χ3n) is 3.29. The third kappa shape index (κ3) is 4.70. The molecule has 0 heterocycles. The molecule has 2 rings (SSSR count). The molecule has 2 unspecified atom stereocenters. The number of carbonyl (C=O) groups excluding carboxylic acids is 2. The summed E-state index contributed by atoms with van der Waals surface area (Å²) in [6.45, 7) is 5.37. The Kier molecular flexibility index (Phi) is 5.72. The fraction of sp³-hybridized carbons (Fsp3) is 0.412. The van der Waals surface area contributed by atoms with E-state index in [9.17, 15) is 9.59 Å². The number of hydrogen-bond donors (Lipinski definition) is 1. The van der Waals surface area contributed by atoms with Crippen LogP contribution >= 0.6 is 0 Å². The number of nitrogens with one attached hydrogen (secondary N) is 1. The van der Waals surface area contributed by atoms with Gasteiger partial charge in [0.2, 0.25) is 6.10 Å². The van der Waals surface area contributed by atoms with Crippen molar-refractivity contribution in [2.24, 2.45) is 0 Å². The largest absolute Gasteiger partial charge is 0.445 e. The number of amides is 1. The molecule has 5 nitrogen and oxygen atoms in total. The number of hydrogen-bond acceptors (Lipinski definition) is 4. The smallest absolute Gasteiger partial charge is 0.336 e. The quantitative estimate of drug-likeness (QED) is 0.590. The second kappa shape index (κ2) is 7.75. The van der Waals surface area contributed by atoms with Crippen LogP contribution in [0.2, 0.25) is 0 Å². The zero-order valence-corrected chi connectivity index (χ0v) is 12.7. The highest BCUT2D eigenvalue weighted by Gasteiger charge is 2.31. The molecule has 0 spiro atoms. The van der Waals surface area contributed by atoms with Gasteiger partial charge in [0, 0.05) is 11.6 Å². The van der Waals surface area contributed by atoms with Crippen molar-refractivity contribution in [1.82, 2.24) is 5.32 Å². The van der Waals surface area contributed by atoms with E-state index in [2.05, 4.69) is 11.9 Å². The Morgan fingerprint density at radius 3 is 2.64 bits per heavy atom. The monoisotopic (exact) mass is 303 g/mol. The molecule has 118 valence electrons. The molecule has 1 amide bonds. The van der Waals surface area contributed by atoms with Crippen molar-refractivity contribution < 1.29 is 19.1 Å². The zero-order chi connectivity index (χ0) is 15.9. The number of esters is 1. The molecule has 0 aromatic heterocycles. The lowest BCUT2D eigenvalue weighted by Crippen LogP contribution is -2.35. The van der Waals surface area contributed by atoms with Crippen molar-refractivity contribution in [3.8, 4) is 0 Å². The molecule has 1 saturated carbocycles. The SMILES string of the molecule is C=CCOC(C)C(=O)OC(C(=O)NC1CC1)c1ccccc1. The predicted octanol–water partition coefficient (Wildman–Crippen LogP) is 2.14. The molecular formula is C17H21NO4. The van der Waals surface area contributed by atoms with Gasteiger partial charge < -0.3 is 14.8 Å². The van der Waals surface area contributed by atoms with E-state index in [1.165, 1.54) is 0 Å². The number of carbonyl (C=O) groups is 2. The second-order valence-corrected chi connectivity index (χ2v) is 5.27. The van der Waals surface area contributed by atoms with Crippen LogP contribution in [0.4, 0.5) is 0 Å². The van der Waals surface area contributed by atoms with Gasteiger partial charge in [0.05, 0.1) is 6.61 Å². The minimum Gasteiger partial charge on any atom is -0.445 e. The molecule has 1 fully saturated rings. The topological polar surface area (TPSA) is 64.6 Å². The van der Waals surface area contributed by atoms with Crippen LogP contribution < -0.4 is 5.32 Å². The molecule has 1 aromatic carbocycles. The Morgan fingerprint density at radius 1 is 1.36 bits per heavy atom. The summed E-state index contributed by atoms with van der Waals surface area (Å²) >= 11 is 0. The molecule has 1 aliphatic rings. The molecule has 22 heavy (non-hydrogen) atoms. The molecule has 0 radical (unpaired) electrons. The van der Waals surface area contributed by atoms with Gasteiger partial charge in [0.25, 0.3) is 5.91 Å². The first-order valence-corrected chi connectivity index (χ1v) is 7.40. The highest BCUT2D eigenvalue weighted by Crippen LogP contribution is 2.23. The number of rotatable bonds is 8. The summed E-state index contributed by atoms with van der Waals surface area (Å²) in [6.07, 6.45) is 1.79. The van der Waals surface area contributed by atoms with Gasteiger partial charge in [-0.3, -0.25) is 4.79 Å². The van der Waals surface area contributed by atoms with E-state index < -0.39 is 18.2 Å². The van der Waals surface area contributed by atoms with Crippen molar-refractivity contribution >= 4 is 11.9 Å². The first-order chi connectivity index (χ1) is 10.6. The first kappa shape index (κ1) is 16.2. The van der Waals surface area contributed by atoms with Gasteiger partial charge in [-0.05, 0) is 19.8 Å². The van der Waals surface area contributed by atoms with Crippen LogP contribution in [-0.2, 0) is 19.1 Å². The van der Waals surface area contributed by atoms with Crippen molar-refractivity contribution in [2.75, 3.05) is 6.61 Å². The Bertz CT molecular complexity index is 525. The molecule has 1 N–H and O–H groups in total. The van der Waals surface area contributed by atoms with Gasteiger partial charge in [-0.25, -0.2) is 4.79 Å². The Balaban J connectivity index is 2.05. The van der Waals surface area contributed by atoms with E-state index >= 15 is 0 Å². The van der Waals surface area contributed by atoms with E-state index in [-0.39, 0.29) is 18.6 Å². The Morgan fingerprint density at radius 2 is 2.05 bits per heavy atom. The van der Waals surface area contributed by atoms with Crippen LogP contribution in [0.1, 0.15) is 31.4 Å². The molecule has 1 aliphatic carbocycles. The van der Waals surface area contributed by atoms with Crippen LogP contribution in [0.25, 0.3) is 0 Å². The number of benzene rings is 1. The normalized spacial score (nSPS) is 16.4. The van der Waals surface area contributed by atoms with Crippen molar-refractivity contribution in [3.05, 3.63) is 48.6 Å². The Labute approximate surface area is 130 Å². The molecular weight excluding hydrogens is 282 g/mol. The molecule has 0 aliphatic heterocycles. The maximum atomic E-state index is 12.3. The number of ether oxygens (including phenoxy) is 2. The molecule has 2 atom stereocenters. The summed E-state index contributed by atoms with van der Waals surface area (Å²) in [5.41, 5.74) is 0.643. The van der Waals surface area contributed by atoms with Crippen LogP contribution in [0.3, 0.4) is 0 Å². The maximum absolute atomic E-state index is 12.3. The lowest BCUT2D eigenvalue weighted by atomic mass is 10.1. The fourth-order valence-electron chi connectivity index (χ4n) is 1.90. The summed E-state index contributed by atoms with van der Waals surface area (Å²) in [5.74, 6) is -0.861. The molecule has 1 aromatic rings. The fourth-order valence-corrected chi connectivity index (χ4v) is 1.90. The summed E-state index contributed by atoms with van der Waals surface area (Å²) in [7, 11) is 0. The van der Waals surface area contributed by atoms with Gasteiger partial charge >= 0.3 is 5.97 Å². The van der Waals surface area contributed by atoms with Crippen LogP contribution in [0.15, 0.2) is 43.0 Å². The van der Waals surface area contributed by atoms with E-state index in [1.54, 1.807) is 37.3 Å². The molecule has 0 bridgehead atoms. The summed E-state index contributed by atoms with van der Waals surface area (Å²) in [4.78, 5) is 24.4. The van der Waals surface area contributed by atoms with Crippen molar-refractivity contribution in [2.45, 2.75) is 38.0 Å². The minimum absolute atomic E-state index is 0.201. The summed E-state index contributed by atoms with van der Waals surface area (Å²) in [6, 6.07) is 9.18. The maximum Gasteiger partial charge on any atom is 0.336 e. The molecule has 0 saturated heterocycles. The minimum atomic E-state index is -0.955. The van der Waals surface area contributed by atoms with Gasteiger partial charge in [0.1, 0.15) is 0 Å². The van der Waals surface area contributed by atoms with Crippen LogP contribution in [-0.4, -0.2) is 30.6 Å². The first-order valence-electron chi connectivity index (χ1n) is 7.40. The van der Waals surface area contributed by atoms with Gasteiger partial charge in [-0.1, -0.05) is 36.4 Å². The van der Waals surface area contributed by atoms with Gasteiger partial charge in [-0.2, -0.15) is 0 Å². The average Bonchev–Trinajstić information content (AvgIpc) is 3.34. The van der Waals surface area contributed by atoms with Crippen LogP contribution in [0, 0.1) is 0 Å². The van der Waals surface area contributed by atoms with Crippen molar-refractivity contribution in [1.29, 1.82) is 0 Å². The lowest BCUT2D eigenvalue weighted by Gasteiger charge is -2.20. The zero-order valence-electron chi connectivity index (χ0n) is 12.7. The van der Waals surface area contributed by atoms with Crippen LogP contribution in [0.5, 0.6) is 0 Å². The third-order valence-corrected chi connectivity index (χ3v) is 3.29. The van der Waals surface area contributed by atoms with Crippen molar-refractivity contribution in [3.63, 3.8) is 0 Å². The lowest BCUT2D eigenvalue weighted by molar-refractivity contribution is -0.166.